The number of carbonyl (C=O) groups is 1. The number of nitrogens with one attached hydrogen (secondary N) is 1. The molecular weight excluding hydrogens is 325 g/mol. The molecule has 0 bridgehead atoms. The maximum atomic E-state index is 13.0. The summed E-state index contributed by atoms with van der Waals surface area (Å²) in [5, 5.41) is 9.49. The molecule has 1 N–H and O–H groups in total. The zero-order valence-corrected chi connectivity index (χ0v) is 14.3. The first-order valence-electron chi connectivity index (χ1n) is 7.64. The molecule has 0 radical (unpaired) electrons. The number of carbonyl (C=O) groups excluding carboxylic acids is 1. The van der Waals surface area contributed by atoms with Gasteiger partial charge in [-0.1, -0.05) is 6.07 Å². The molecule has 124 valence electrons. The summed E-state index contributed by atoms with van der Waals surface area (Å²) in [5.41, 5.74) is 2.43. The number of hydrogen-bond acceptors (Lipinski definition) is 3. The van der Waals surface area contributed by atoms with Crippen LogP contribution in [0.5, 0.6) is 0 Å². The van der Waals surface area contributed by atoms with Crippen LogP contribution in [0, 0.1) is 19.7 Å². The van der Waals surface area contributed by atoms with Crippen molar-refractivity contribution < 1.29 is 9.18 Å². The van der Waals surface area contributed by atoms with Crippen LogP contribution < -0.4 is 5.32 Å². The van der Waals surface area contributed by atoms with E-state index in [2.05, 4.69) is 10.4 Å². The van der Waals surface area contributed by atoms with Crippen molar-refractivity contribution in [2.75, 3.05) is 6.54 Å². The molecule has 3 aromatic rings. The van der Waals surface area contributed by atoms with Crippen LogP contribution in [0.1, 0.15) is 32.7 Å². The Morgan fingerprint density at radius 2 is 2.04 bits per heavy atom. The number of amides is 1. The molecule has 1 amide bonds. The minimum absolute atomic E-state index is 0.0666. The summed E-state index contributed by atoms with van der Waals surface area (Å²) in [7, 11) is 0. The van der Waals surface area contributed by atoms with E-state index >= 15 is 0 Å². The lowest BCUT2D eigenvalue weighted by molar-refractivity contribution is 0.0949. The summed E-state index contributed by atoms with van der Waals surface area (Å²) in [6, 6.07) is 11.5. The predicted octanol–water partition coefficient (Wildman–Crippen LogP) is 3.72. The van der Waals surface area contributed by atoms with Crippen molar-refractivity contribution in [1.82, 2.24) is 15.1 Å². The van der Waals surface area contributed by atoms with Gasteiger partial charge >= 0.3 is 0 Å². The number of hydrogen-bond donors (Lipinski definition) is 1. The number of halogens is 1. The highest BCUT2D eigenvalue weighted by atomic mass is 32.1. The van der Waals surface area contributed by atoms with Gasteiger partial charge in [-0.2, -0.15) is 5.10 Å². The number of thiophene rings is 1. The summed E-state index contributed by atoms with van der Waals surface area (Å²) in [6.07, 6.45) is 0. The van der Waals surface area contributed by atoms with Crippen LogP contribution >= 0.6 is 11.3 Å². The highest BCUT2D eigenvalue weighted by molar-refractivity contribution is 7.10. The van der Waals surface area contributed by atoms with Crippen LogP contribution in [0.15, 0.2) is 47.8 Å². The molecule has 6 heteroatoms. The van der Waals surface area contributed by atoms with E-state index < -0.39 is 0 Å². The number of aryl methyl sites for hydroxylation is 2. The molecule has 2 heterocycles. The van der Waals surface area contributed by atoms with Gasteiger partial charge in [-0.3, -0.25) is 9.48 Å². The van der Waals surface area contributed by atoms with Crippen molar-refractivity contribution in [3.8, 4) is 0 Å². The van der Waals surface area contributed by atoms with Gasteiger partial charge in [0.15, 0.2) is 0 Å². The van der Waals surface area contributed by atoms with Gasteiger partial charge in [0.2, 0.25) is 0 Å². The standard InChI is InChI=1S/C18H18FN3OS/c1-12-10-13(2)22(21-12)16(17-4-3-9-24-17)11-20-18(23)14-5-7-15(19)8-6-14/h3-10,16H,11H2,1-2H3,(H,20,23). The molecule has 0 aliphatic heterocycles. The maximum Gasteiger partial charge on any atom is 0.251 e. The Morgan fingerprint density at radius 1 is 1.29 bits per heavy atom. The molecule has 1 aromatic carbocycles. The van der Waals surface area contributed by atoms with E-state index in [4.69, 9.17) is 0 Å². The Labute approximate surface area is 143 Å². The van der Waals surface area contributed by atoms with Crippen molar-refractivity contribution >= 4 is 17.2 Å². The highest BCUT2D eigenvalue weighted by Crippen LogP contribution is 2.24. The molecule has 0 saturated carbocycles. The molecule has 1 atom stereocenters. The largest absolute Gasteiger partial charge is 0.350 e. The second-order valence-corrected chi connectivity index (χ2v) is 6.60. The molecular formula is C18H18FN3OS. The summed E-state index contributed by atoms with van der Waals surface area (Å²) >= 11 is 1.63. The molecule has 0 aliphatic carbocycles. The Hall–Kier alpha value is -2.47. The minimum atomic E-state index is -0.356. The number of aromatic nitrogens is 2. The molecule has 0 spiro atoms. The zero-order valence-electron chi connectivity index (χ0n) is 13.5. The quantitative estimate of drug-likeness (QED) is 0.767. The fourth-order valence-corrected chi connectivity index (χ4v) is 3.45. The maximum absolute atomic E-state index is 13.0. The van der Waals surface area contributed by atoms with Crippen molar-refractivity contribution in [2.45, 2.75) is 19.9 Å². The number of benzene rings is 1. The van der Waals surface area contributed by atoms with E-state index in [1.54, 1.807) is 11.3 Å². The molecule has 0 fully saturated rings. The molecule has 1 unspecified atom stereocenters. The van der Waals surface area contributed by atoms with Gasteiger partial charge in [0.05, 0.1) is 5.69 Å². The molecule has 0 saturated heterocycles. The van der Waals surface area contributed by atoms with Crippen LogP contribution in [-0.4, -0.2) is 22.2 Å². The van der Waals surface area contributed by atoms with Gasteiger partial charge in [-0.15, -0.1) is 11.3 Å². The third-order valence-electron chi connectivity index (χ3n) is 3.77. The summed E-state index contributed by atoms with van der Waals surface area (Å²) in [5.74, 6) is -0.580. The van der Waals surface area contributed by atoms with Gasteiger partial charge in [0.25, 0.3) is 5.91 Å². The van der Waals surface area contributed by atoms with E-state index in [9.17, 15) is 9.18 Å². The van der Waals surface area contributed by atoms with E-state index in [1.165, 1.54) is 24.3 Å². The van der Waals surface area contributed by atoms with E-state index in [0.717, 1.165) is 16.3 Å². The van der Waals surface area contributed by atoms with Crippen LogP contribution in [0.25, 0.3) is 0 Å². The summed E-state index contributed by atoms with van der Waals surface area (Å²) in [6.45, 7) is 4.37. The van der Waals surface area contributed by atoms with Crippen LogP contribution in [-0.2, 0) is 0 Å². The van der Waals surface area contributed by atoms with Gasteiger partial charge in [-0.25, -0.2) is 4.39 Å². The highest BCUT2D eigenvalue weighted by Gasteiger charge is 2.19. The van der Waals surface area contributed by atoms with Gasteiger partial charge in [0.1, 0.15) is 11.9 Å². The van der Waals surface area contributed by atoms with Gasteiger partial charge < -0.3 is 5.32 Å². The fourth-order valence-electron chi connectivity index (χ4n) is 2.64. The van der Waals surface area contributed by atoms with Gasteiger partial charge in [-0.05, 0) is 55.6 Å². The fraction of sp³-hybridized carbons (Fsp3) is 0.222. The number of rotatable bonds is 5. The van der Waals surface area contributed by atoms with Crippen molar-refractivity contribution in [3.05, 3.63) is 75.5 Å². The monoisotopic (exact) mass is 343 g/mol. The van der Waals surface area contributed by atoms with E-state index in [-0.39, 0.29) is 17.8 Å². The Kier molecular flexibility index (Phi) is 4.76. The van der Waals surface area contributed by atoms with E-state index in [0.29, 0.717) is 12.1 Å². The first kappa shape index (κ1) is 16.4. The number of nitrogens with zero attached hydrogens (tertiary/aromatic N) is 2. The Bertz CT molecular complexity index is 825. The normalized spacial score (nSPS) is 12.1. The lowest BCUT2D eigenvalue weighted by Gasteiger charge is -2.19. The molecule has 2 aromatic heterocycles. The van der Waals surface area contributed by atoms with Crippen molar-refractivity contribution in [2.24, 2.45) is 0 Å². The second-order valence-electron chi connectivity index (χ2n) is 5.62. The molecule has 24 heavy (non-hydrogen) atoms. The SMILES string of the molecule is Cc1cc(C)n(C(CNC(=O)c2ccc(F)cc2)c2cccs2)n1. The first-order valence-corrected chi connectivity index (χ1v) is 8.52. The van der Waals surface area contributed by atoms with Crippen molar-refractivity contribution in [1.29, 1.82) is 0 Å². The minimum Gasteiger partial charge on any atom is -0.350 e. The second kappa shape index (κ2) is 6.97. The summed E-state index contributed by atoms with van der Waals surface area (Å²) in [4.78, 5) is 13.4. The third kappa shape index (κ3) is 3.54. The third-order valence-corrected chi connectivity index (χ3v) is 4.75. The average Bonchev–Trinajstić information content (AvgIpc) is 3.19. The van der Waals surface area contributed by atoms with Crippen LogP contribution in [0.3, 0.4) is 0 Å². The lowest BCUT2D eigenvalue weighted by Crippen LogP contribution is -2.31. The van der Waals surface area contributed by atoms with Crippen molar-refractivity contribution in [3.63, 3.8) is 0 Å². The van der Waals surface area contributed by atoms with E-state index in [1.807, 2.05) is 42.1 Å². The average molecular weight is 343 g/mol. The predicted molar refractivity (Wildman–Crippen MR) is 92.9 cm³/mol. The zero-order chi connectivity index (χ0) is 17.1. The van der Waals surface area contributed by atoms with Gasteiger partial charge in [0, 0.05) is 22.7 Å². The topological polar surface area (TPSA) is 46.9 Å². The first-order chi connectivity index (χ1) is 11.5. The lowest BCUT2D eigenvalue weighted by atomic mass is 10.2. The summed E-state index contributed by atoms with van der Waals surface area (Å²) < 4.78 is 14.9. The molecule has 3 rings (SSSR count). The Balaban J connectivity index is 1.79. The van der Waals surface area contributed by atoms with Crippen LogP contribution in [0.2, 0.25) is 0 Å². The van der Waals surface area contributed by atoms with Crippen LogP contribution in [0.4, 0.5) is 4.39 Å². The smallest absolute Gasteiger partial charge is 0.251 e. The Morgan fingerprint density at radius 3 is 2.62 bits per heavy atom. The molecule has 0 aliphatic rings. The molecule has 4 nitrogen and oxygen atoms in total.